The Bertz CT molecular complexity index is 1070. The average molecular weight is 475 g/mol. The number of anilines is 1. The second-order valence-electron chi connectivity index (χ2n) is 6.79. The number of carbonyl (C=O) groups is 1. The summed E-state index contributed by atoms with van der Waals surface area (Å²) in [6.07, 6.45) is -4.84. The van der Waals surface area contributed by atoms with Gasteiger partial charge in [-0.2, -0.15) is 18.3 Å². The van der Waals surface area contributed by atoms with E-state index in [1.807, 2.05) is 17.5 Å². The maximum Gasteiger partial charge on any atom is 0.410 e. The second kappa shape index (κ2) is 8.13. The van der Waals surface area contributed by atoms with Crippen molar-refractivity contribution in [2.45, 2.75) is 31.2 Å². The zero-order valence-electron chi connectivity index (χ0n) is 15.2. The Kier molecular flexibility index (Phi) is 5.69. The SMILES string of the molecule is O=C(NCc1cccs1)c1cc2n(n1)[C@@H](C(F)(F)F)C[C@@H](c1ccc(Cl)c(Cl)c1)N2. The first kappa shape index (κ1) is 21.0. The van der Waals surface area contributed by atoms with Gasteiger partial charge in [-0.05, 0) is 29.1 Å². The van der Waals surface area contributed by atoms with Crippen LogP contribution in [0.3, 0.4) is 0 Å². The predicted octanol–water partition coefficient (Wildman–Crippen LogP) is 5.84. The van der Waals surface area contributed by atoms with E-state index in [0.717, 1.165) is 9.56 Å². The lowest BCUT2D eigenvalue weighted by molar-refractivity contribution is -0.173. The van der Waals surface area contributed by atoms with Gasteiger partial charge in [-0.25, -0.2) is 4.68 Å². The summed E-state index contributed by atoms with van der Waals surface area (Å²) in [7, 11) is 0. The molecule has 30 heavy (non-hydrogen) atoms. The molecule has 2 N–H and O–H groups in total. The topological polar surface area (TPSA) is 59.0 Å². The van der Waals surface area contributed by atoms with Crippen LogP contribution in [0.1, 0.15) is 39.4 Å². The van der Waals surface area contributed by atoms with Crippen molar-refractivity contribution in [1.29, 1.82) is 0 Å². The predicted molar refractivity (Wildman–Crippen MR) is 110 cm³/mol. The molecule has 1 aromatic carbocycles. The molecule has 0 aliphatic carbocycles. The standard InChI is InChI=1S/C19H15Cl2F3N4OS/c20-12-4-3-10(6-13(12)21)14-7-16(19(22,23)24)28-17(26-14)8-15(27-28)18(29)25-9-11-2-1-5-30-11/h1-6,8,14,16,26H,7,9H2,(H,25,29)/t14-,16+/m0/s1. The van der Waals surface area contributed by atoms with Gasteiger partial charge in [0.2, 0.25) is 0 Å². The van der Waals surface area contributed by atoms with Gasteiger partial charge in [-0.3, -0.25) is 4.79 Å². The molecule has 1 amide bonds. The molecule has 0 saturated heterocycles. The van der Waals surface area contributed by atoms with Gasteiger partial charge in [0, 0.05) is 17.4 Å². The van der Waals surface area contributed by atoms with Gasteiger partial charge in [-0.1, -0.05) is 35.3 Å². The van der Waals surface area contributed by atoms with Crippen LogP contribution in [0.5, 0.6) is 0 Å². The molecule has 3 heterocycles. The molecule has 5 nitrogen and oxygen atoms in total. The van der Waals surface area contributed by atoms with Gasteiger partial charge >= 0.3 is 6.18 Å². The number of amides is 1. The van der Waals surface area contributed by atoms with Gasteiger partial charge in [0.1, 0.15) is 5.82 Å². The van der Waals surface area contributed by atoms with Crippen molar-refractivity contribution >= 4 is 46.3 Å². The smallest absolute Gasteiger partial charge is 0.363 e. The zero-order valence-corrected chi connectivity index (χ0v) is 17.5. The Morgan fingerprint density at radius 3 is 2.73 bits per heavy atom. The lowest BCUT2D eigenvalue weighted by atomic mass is 9.97. The Labute approximate surface area is 183 Å². The van der Waals surface area contributed by atoms with E-state index in [4.69, 9.17) is 23.2 Å². The second-order valence-corrected chi connectivity index (χ2v) is 8.63. The first-order valence-corrected chi connectivity index (χ1v) is 10.5. The largest absolute Gasteiger partial charge is 0.410 e. The fraction of sp³-hybridized carbons (Fsp3) is 0.263. The Morgan fingerprint density at radius 2 is 2.07 bits per heavy atom. The highest BCUT2D eigenvalue weighted by molar-refractivity contribution is 7.09. The van der Waals surface area contributed by atoms with Crippen molar-refractivity contribution in [3.05, 3.63) is 68.0 Å². The first-order chi connectivity index (χ1) is 14.2. The lowest BCUT2D eigenvalue weighted by Crippen LogP contribution is -2.35. The van der Waals surface area contributed by atoms with Crippen LogP contribution in [0.2, 0.25) is 10.0 Å². The summed E-state index contributed by atoms with van der Waals surface area (Å²) in [6, 6.07) is 7.18. The van der Waals surface area contributed by atoms with Crippen molar-refractivity contribution in [2.75, 3.05) is 5.32 Å². The molecule has 11 heteroatoms. The summed E-state index contributed by atoms with van der Waals surface area (Å²) >= 11 is 13.4. The molecule has 0 spiro atoms. The number of hydrogen-bond acceptors (Lipinski definition) is 4. The minimum Gasteiger partial charge on any atom is -0.363 e. The third-order valence-corrected chi connectivity index (χ3v) is 6.39. The Balaban J connectivity index is 1.61. The molecule has 0 unspecified atom stereocenters. The molecule has 0 bridgehead atoms. The van der Waals surface area contributed by atoms with Crippen LogP contribution < -0.4 is 10.6 Å². The minimum absolute atomic E-state index is 0.0851. The summed E-state index contributed by atoms with van der Waals surface area (Å²) in [5.41, 5.74) is 0.480. The number of benzene rings is 1. The molecule has 4 rings (SSSR count). The summed E-state index contributed by atoms with van der Waals surface area (Å²) in [6.45, 7) is 0.278. The van der Waals surface area contributed by atoms with Crippen molar-refractivity contribution in [2.24, 2.45) is 0 Å². The van der Waals surface area contributed by atoms with Crippen LogP contribution in [0.4, 0.5) is 19.0 Å². The van der Waals surface area contributed by atoms with E-state index in [1.165, 1.54) is 23.5 Å². The van der Waals surface area contributed by atoms with E-state index < -0.39 is 24.2 Å². The number of thiophene rings is 1. The maximum absolute atomic E-state index is 13.8. The summed E-state index contributed by atoms with van der Waals surface area (Å²) < 4.78 is 42.1. The molecule has 1 aliphatic rings. The molecular formula is C19H15Cl2F3N4OS. The summed E-state index contributed by atoms with van der Waals surface area (Å²) in [5.74, 6) is -0.431. The lowest BCUT2D eigenvalue weighted by Gasteiger charge is -2.33. The fourth-order valence-corrected chi connectivity index (χ4v) is 4.25. The summed E-state index contributed by atoms with van der Waals surface area (Å²) in [5, 5.41) is 12.1. The van der Waals surface area contributed by atoms with Crippen molar-refractivity contribution in [3.8, 4) is 0 Å². The van der Waals surface area contributed by atoms with E-state index >= 15 is 0 Å². The van der Waals surface area contributed by atoms with Crippen molar-refractivity contribution in [1.82, 2.24) is 15.1 Å². The van der Waals surface area contributed by atoms with Crippen LogP contribution in [0, 0.1) is 0 Å². The highest BCUT2D eigenvalue weighted by Gasteiger charge is 2.46. The normalized spacial score (nSPS) is 18.6. The van der Waals surface area contributed by atoms with Gasteiger partial charge in [0.15, 0.2) is 11.7 Å². The quantitative estimate of drug-likeness (QED) is 0.499. The molecule has 2 atom stereocenters. The third-order valence-electron chi connectivity index (χ3n) is 4.77. The number of alkyl halides is 3. The summed E-state index contributed by atoms with van der Waals surface area (Å²) in [4.78, 5) is 13.4. The fourth-order valence-electron chi connectivity index (χ4n) is 3.30. The highest BCUT2D eigenvalue weighted by atomic mass is 35.5. The Morgan fingerprint density at radius 1 is 1.27 bits per heavy atom. The van der Waals surface area contributed by atoms with E-state index in [-0.39, 0.29) is 29.5 Å². The molecule has 3 aromatic rings. The van der Waals surface area contributed by atoms with Crippen molar-refractivity contribution < 1.29 is 18.0 Å². The molecule has 0 saturated carbocycles. The molecule has 0 radical (unpaired) electrons. The third kappa shape index (κ3) is 4.28. The number of nitrogens with zero attached hydrogens (tertiary/aromatic N) is 2. The Hall–Kier alpha value is -2.23. The number of aromatic nitrogens is 2. The van der Waals surface area contributed by atoms with Crippen LogP contribution in [0.15, 0.2) is 41.8 Å². The maximum atomic E-state index is 13.8. The minimum atomic E-state index is -4.54. The first-order valence-electron chi connectivity index (χ1n) is 8.90. The van der Waals surface area contributed by atoms with Gasteiger partial charge in [-0.15, -0.1) is 11.3 Å². The van der Waals surface area contributed by atoms with Gasteiger partial charge in [0.25, 0.3) is 5.91 Å². The van der Waals surface area contributed by atoms with Gasteiger partial charge in [0.05, 0.1) is 22.6 Å². The molecule has 2 aromatic heterocycles. The van der Waals surface area contributed by atoms with Crippen molar-refractivity contribution in [3.63, 3.8) is 0 Å². The van der Waals surface area contributed by atoms with Gasteiger partial charge < -0.3 is 10.6 Å². The molecular weight excluding hydrogens is 460 g/mol. The van der Waals surface area contributed by atoms with Crippen LogP contribution in [-0.4, -0.2) is 21.9 Å². The van der Waals surface area contributed by atoms with Crippen LogP contribution >= 0.6 is 34.5 Å². The van der Waals surface area contributed by atoms with E-state index in [2.05, 4.69) is 15.7 Å². The number of hydrogen-bond donors (Lipinski definition) is 2. The highest BCUT2D eigenvalue weighted by Crippen LogP contribution is 2.44. The van der Waals surface area contributed by atoms with Crippen LogP contribution in [0.25, 0.3) is 0 Å². The number of nitrogens with one attached hydrogen (secondary N) is 2. The zero-order chi connectivity index (χ0) is 21.5. The number of halogens is 5. The van der Waals surface area contributed by atoms with Crippen LogP contribution in [-0.2, 0) is 6.54 Å². The molecule has 0 fully saturated rings. The van der Waals surface area contributed by atoms with E-state index in [0.29, 0.717) is 10.6 Å². The van der Waals surface area contributed by atoms with E-state index in [1.54, 1.807) is 12.1 Å². The average Bonchev–Trinajstić information content (AvgIpc) is 3.36. The van der Waals surface area contributed by atoms with E-state index in [9.17, 15) is 18.0 Å². The number of fused-ring (bicyclic) bond motifs is 1. The monoisotopic (exact) mass is 474 g/mol. The molecule has 158 valence electrons. The number of rotatable bonds is 4. The number of carbonyl (C=O) groups excluding carboxylic acids is 1. The molecule has 1 aliphatic heterocycles.